The highest BCUT2D eigenvalue weighted by molar-refractivity contribution is 5.77. The summed E-state index contributed by atoms with van der Waals surface area (Å²) in [5, 5.41) is 13.2. The third-order valence-corrected chi connectivity index (χ3v) is 4.36. The van der Waals surface area contributed by atoms with E-state index in [9.17, 15) is 14.3 Å². The van der Waals surface area contributed by atoms with Gasteiger partial charge in [0, 0.05) is 0 Å². The maximum absolute atomic E-state index is 13.6. The Morgan fingerprint density at radius 3 is 2.38 bits per heavy atom. The summed E-state index contributed by atoms with van der Waals surface area (Å²) >= 11 is 0. The number of carbonyl (C=O) groups is 1. The van der Waals surface area contributed by atoms with Crippen LogP contribution in [0.15, 0.2) is 12.1 Å². The van der Waals surface area contributed by atoms with Crippen LogP contribution in [0.2, 0.25) is 0 Å². The number of carbonyl (C=O) groups excluding carboxylic acids is 1. The minimum absolute atomic E-state index is 0.147. The van der Waals surface area contributed by atoms with E-state index in [1.807, 2.05) is 6.92 Å². The van der Waals surface area contributed by atoms with Crippen LogP contribution in [-0.2, 0) is 4.79 Å². The Kier molecular flexibility index (Phi) is 4.67. The smallest absolute Gasteiger partial charge is 0.223 e. The molecule has 4 heteroatoms. The van der Waals surface area contributed by atoms with Gasteiger partial charge in [0.25, 0.3) is 0 Å². The number of aryl methyl sites for hydroxylation is 2. The molecular formula is C17H24FNO2. The summed E-state index contributed by atoms with van der Waals surface area (Å²) in [4.78, 5) is 12.1. The van der Waals surface area contributed by atoms with Crippen LogP contribution in [0.5, 0.6) is 0 Å². The predicted molar refractivity (Wildman–Crippen MR) is 80.5 cm³/mol. The molecule has 0 aromatic heterocycles. The molecule has 1 unspecified atom stereocenters. The van der Waals surface area contributed by atoms with E-state index in [0.717, 1.165) is 18.4 Å². The van der Waals surface area contributed by atoms with E-state index in [2.05, 4.69) is 5.32 Å². The summed E-state index contributed by atoms with van der Waals surface area (Å²) in [6.07, 6.45) is 3.51. The van der Waals surface area contributed by atoms with Crippen molar-refractivity contribution in [3.8, 4) is 0 Å². The molecule has 1 aliphatic rings. The Morgan fingerprint density at radius 2 is 1.86 bits per heavy atom. The first kappa shape index (κ1) is 16.0. The summed E-state index contributed by atoms with van der Waals surface area (Å²) < 4.78 is 13.6. The van der Waals surface area contributed by atoms with Gasteiger partial charge in [0.1, 0.15) is 5.82 Å². The molecule has 2 N–H and O–H groups in total. The molecule has 3 nitrogen and oxygen atoms in total. The van der Waals surface area contributed by atoms with Crippen LogP contribution in [0.25, 0.3) is 0 Å². The Bertz CT molecular complexity index is 513. The number of halogens is 1. The van der Waals surface area contributed by atoms with Crippen LogP contribution in [0.3, 0.4) is 0 Å². The van der Waals surface area contributed by atoms with Crippen molar-refractivity contribution >= 4 is 5.91 Å². The molecule has 2 rings (SSSR count). The van der Waals surface area contributed by atoms with Crippen LogP contribution in [0.4, 0.5) is 4.39 Å². The second kappa shape index (κ2) is 6.14. The molecule has 0 spiro atoms. The molecule has 1 atom stereocenters. The topological polar surface area (TPSA) is 49.3 Å². The van der Waals surface area contributed by atoms with Gasteiger partial charge in [0.15, 0.2) is 0 Å². The zero-order valence-electron chi connectivity index (χ0n) is 13.0. The number of hydrogen-bond donors (Lipinski definition) is 2. The SMILES string of the molecule is Cc1cc(C(C)NC(=O)CC2(O)CCCC2)cc(C)c1F. The van der Waals surface area contributed by atoms with E-state index < -0.39 is 5.60 Å². The summed E-state index contributed by atoms with van der Waals surface area (Å²) in [5.74, 6) is -0.343. The normalized spacial score (nSPS) is 18.5. The Labute approximate surface area is 125 Å². The van der Waals surface area contributed by atoms with Crippen LogP contribution in [-0.4, -0.2) is 16.6 Å². The fourth-order valence-electron chi connectivity index (χ4n) is 3.11. The number of rotatable bonds is 4. The zero-order chi connectivity index (χ0) is 15.6. The van der Waals surface area contributed by atoms with Crippen molar-refractivity contribution in [2.24, 2.45) is 0 Å². The fraction of sp³-hybridized carbons (Fsp3) is 0.588. The first-order valence-corrected chi connectivity index (χ1v) is 7.59. The summed E-state index contributed by atoms with van der Waals surface area (Å²) in [7, 11) is 0. The highest BCUT2D eigenvalue weighted by Crippen LogP contribution is 2.32. The largest absolute Gasteiger partial charge is 0.389 e. The molecule has 0 saturated heterocycles. The van der Waals surface area contributed by atoms with Crippen LogP contribution in [0.1, 0.15) is 61.8 Å². The van der Waals surface area contributed by atoms with Crippen molar-refractivity contribution in [3.05, 3.63) is 34.6 Å². The van der Waals surface area contributed by atoms with E-state index in [-0.39, 0.29) is 24.2 Å². The molecule has 21 heavy (non-hydrogen) atoms. The molecule has 0 radical (unpaired) electrons. The number of nitrogens with one attached hydrogen (secondary N) is 1. The van der Waals surface area contributed by atoms with Crippen molar-refractivity contribution in [1.29, 1.82) is 0 Å². The second-order valence-electron chi connectivity index (χ2n) is 6.37. The average molecular weight is 293 g/mol. The van der Waals surface area contributed by atoms with Gasteiger partial charge in [-0.2, -0.15) is 0 Å². The van der Waals surface area contributed by atoms with E-state index in [4.69, 9.17) is 0 Å². The van der Waals surface area contributed by atoms with Gasteiger partial charge in [-0.25, -0.2) is 4.39 Å². The Morgan fingerprint density at radius 1 is 1.33 bits per heavy atom. The minimum atomic E-state index is -0.835. The fourth-order valence-corrected chi connectivity index (χ4v) is 3.11. The van der Waals surface area contributed by atoms with Gasteiger partial charge in [-0.05, 0) is 50.3 Å². The lowest BCUT2D eigenvalue weighted by molar-refractivity contribution is -0.126. The van der Waals surface area contributed by atoms with Gasteiger partial charge in [-0.3, -0.25) is 4.79 Å². The van der Waals surface area contributed by atoms with Crippen LogP contribution >= 0.6 is 0 Å². The molecule has 1 saturated carbocycles. The van der Waals surface area contributed by atoms with Gasteiger partial charge in [-0.15, -0.1) is 0 Å². The lowest BCUT2D eigenvalue weighted by Crippen LogP contribution is -2.35. The third kappa shape index (κ3) is 3.82. The minimum Gasteiger partial charge on any atom is -0.389 e. The van der Waals surface area contributed by atoms with Crippen LogP contribution in [0, 0.1) is 19.7 Å². The van der Waals surface area contributed by atoms with E-state index in [0.29, 0.717) is 24.0 Å². The standard InChI is InChI=1S/C17H24FNO2/c1-11-8-14(9-12(2)16(11)18)13(3)19-15(20)10-17(21)6-4-5-7-17/h8-9,13,21H,4-7,10H2,1-3H3,(H,19,20). The molecular weight excluding hydrogens is 269 g/mol. The molecule has 0 bridgehead atoms. The molecule has 116 valence electrons. The van der Waals surface area contributed by atoms with Crippen molar-refractivity contribution < 1.29 is 14.3 Å². The molecule has 1 amide bonds. The van der Waals surface area contributed by atoms with Gasteiger partial charge >= 0.3 is 0 Å². The average Bonchev–Trinajstić information content (AvgIpc) is 2.81. The quantitative estimate of drug-likeness (QED) is 0.894. The monoisotopic (exact) mass is 293 g/mol. The summed E-state index contributed by atoms with van der Waals surface area (Å²) in [6, 6.07) is 3.33. The van der Waals surface area contributed by atoms with Gasteiger partial charge in [0.2, 0.25) is 5.91 Å². The van der Waals surface area contributed by atoms with Crippen molar-refractivity contribution in [2.45, 2.75) is 64.5 Å². The molecule has 0 heterocycles. The zero-order valence-corrected chi connectivity index (χ0v) is 13.0. The molecule has 1 aromatic carbocycles. The highest BCUT2D eigenvalue weighted by atomic mass is 19.1. The maximum Gasteiger partial charge on any atom is 0.223 e. The van der Waals surface area contributed by atoms with E-state index in [1.54, 1.807) is 26.0 Å². The van der Waals surface area contributed by atoms with Crippen molar-refractivity contribution in [3.63, 3.8) is 0 Å². The van der Waals surface area contributed by atoms with Crippen molar-refractivity contribution in [2.75, 3.05) is 0 Å². The third-order valence-electron chi connectivity index (χ3n) is 4.36. The second-order valence-corrected chi connectivity index (χ2v) is 6.37. The number of benzene rings is 1. The molecule has 1 aromatic rings. The number of amides is 1. The van der Waals surface area contributed by atoms with E-state index >= 15 is 0 Å². The summed E-state index contributed by atoms with van der Waals surface area (Å²) in [6.45, 7) is 5.33. The Balaban J connectivity index is 2.00. The Hall–Kier alpha value is -1.42. The van der Waals surface area contributed by atoms with Gasteiger partial charge in [0.05, 0.1) is 18.1 Å². The predicted octanol–water partition coefficient (Wildman–Crippen LogP) is 3.31. The van der Waals surface area contributed by atoms with Gasteiger partial charge < -0.3 is 10.4 Å². The van der Waals surface area contributed by atoms with E-state index in [1.165, 1.54) is 0 Å². The van der Waals surface area contributed by atoms with Crippen molar-refractivity contribution in [1.82, 2.24) is 5.32 Å². The highest BCUT2D eigenvalue weighted by Gasteiger charge is 2.33. The first-order chi connectivity index (χ1) is 9.81. The lowest BCUT2D eigenvalue weighted by Gasteiger charge is -2.23. The number of aliphatic hydroxyl groups is 1. The summed E-state index contributed by atoms with van der Waals surface area (Å²) in [5.41, 5.74) is 1.22. The van der Waals surface area contributed by atoms with Gasteiger partial charge in [-0.1, -0.05) is 25.0 Å². The first-order valence-electron chi connectivity index (χ1n) is 7.59. The molecule has 1 aliphatic carbocycles. The molecule has 1 fully saturated rings. The molecule has 0 aliphatic heterocycles. The van der Waals surface area contributed by atoms with Crippen LogP contribution < -0.4 is 5.32 Å². The maximum atomic E-state index is 13.6. The lowest BCUT2D eigenvalue weighted by atomic mass is 9.96. The number of hydrogen-bond acceptors (Lipinski definition) is 2.